The number of rotatable bonds is 0. The zero-order chi connectivity index (χ0) is 10.5. The molecule has 1 saturated carbocycles. The molecule has 1 heteroatoms. The van der Waals surface area contributed by atoms with Gasteiger partial charge in [-0.05, 0) is 31.1 Å². The fourth-order valence-corrected chi connectivity index (χ4v) is 4.54. The highest BCUT2D eigenvalue weighted by atomic mass is 15.0. The third-order valence-electron chi connectivity index (χ3n) is 5.20. The van der Waals surface area contributed by atoms with Crippen LogP contribution in [0.2, 0.25) is 0 Å². The van der Waals surface area contributed by atoms with Gasteiger partial charge in [0.1, 0.15) is 0 Å². The first-order chi connectivity index (χ1) is 7.22. The Labute approximate surface area is 93.3 Å². The Bertz CT molecular complexity index is 283. The molecule has 0 aromatic heterocycles. The highest BCUT2D eigenvalue weighted by Gasteiger charge is 2.53. The third-order valence-corrected chi connectivity index (χ3v) is 5.20. The van der Waals surface area contributed by atoms with E-state index in [1.54, 1.807) is 0 Å². The Balaban J connectivity index is 1.95. The van der Waals surface area contributed by atoms with Crippen molar-refractivity contribution in [1.29, 1.82) is 0 Å². The van der Waals surface area contributed by atoms with Crippen LogP contribution in [-0.4, -0.2) is 12.1 Å². The standard InChI is InChI=1S/C14H23N/c1-10-6-5-7-11-13(10)14(2)9-4-3-8-12(14)15-11/h4,9-13,15H,3,5-8H2,1-2H3. The van der Waals surface area contributed by atoms with Crippen LogP contribution in [0.15, 0.2) is 12.2 Å². The summed E-state index contributed by atoms with van der Waals surface area (Å²) in [5.74, 6) is 1.81. The van der Waals surface area contributed by atoms with Gasteiger partial charge in [0.2, 0.25) is 0 Å². The fourth-order valence-electron chi connectivity index (χ4n) is 4.54. The van der Waals surface area contributed by atoms with Crippen LogP contribution in [0.1, 0.15) is 46.0 Å². The summed E-state index contributed by atoms with van der Waals surface area (Å²) in [5, 5.41) is 3.91. The van der Waals surface area contributed by atoms with Crippen LogP contribution in [0.4, 0.5) is 0 Å². The minimum Gasteiger partial charge on any atom is -0.310 e. The van der Waals surface area contributed by atoms with Crippen LogP contribution in [0, 0.1) is 17.3 Å². The largest absolute Gasteiger partial charge is 0.310 e. The van der Waals surface area contributed by atoms with Crippen LogP contribution in [0.3, 0.4) is 0 Å². The lowest BCUT2D eigenvalue weighted by Gasteiger charge is -2.41. The molecule has 1 aliphatic heterocycles. The van der Waals surface area contributed by atoms with Gasteiger partial charge in [0.25, 0.3) is 0 Å². The molecule has 3 aliphatic rings. The normalized spacial score (nSPS) is 53.7. The Kier molecular flexibility index (Phi) is 2.21. The molecule has 5 atom stereocenters. The van der Waals surface area contributed by atoms with Crippen LogP contribution in [0.5, 0.6) is 0 Å². The van der Waals surface area contributed by atoms with E-state index in [4.69, 9.17) is 0 Å². The summed E-state index contributed by atoms with van der Waals surface area (Å²) >= 11 is 0. The number of hydrogen-bond acceptors (Lipinski definition) is 1. The maximum absolute atomic E-state index is 3.91. The molecule has 0 aromatic rings. The molecule has 1 heterocycles. The molecule has 1 nitrogen and oxygen atoms in total. The summed E-state index contributed by atoms with van der Waals surface area (Å²) in [6.45, 7) is 4.96. The first-order valence-corrected chi connectivity index (χ1v) is 6.65. The van der Waals surface area contributed by atoms with Gasteiger partial charge in [-0.1, -0.05) is 38.8 Å². The van der Waals surface area contributed by atoms with Crippen molar-refractivity contribution in [3.8, 4) is 0 Å². The van der Waals surface area contributed by atoms with Gasteiger partial charge in [0.05, 0.1) is 0 Å². The predicted octanol–water partition coefficient (Wildman–Crippen LogP) is 3.12. The summed E-state index contributed by atoms with van der Waals surface area (Å²) in [4.78, 5) is 0. The molecule has 0 radical (unpaired) electrons. The van der Waals surface area contributed by atoms with Gasteiger partial charge in [-0.3, -0.25) is 0 Å². The Morgan fingerprint density at radius 1 is 1.27 bits per heavy atom. The lowest BCUT2D eigenvalue weighted by Crippen LogP contribution is -2.39. The average Bonchev–Trinajstić information content (AvgIpc) is 2.51. The Hall–Kier alpha value is -0.300. The summed E-state index contributed by atoms with van der Waals surface area (Å²) in [6, 6.07) is 1.57. The predicted molar refractivity (Wildman–Crippen MR) is 63.7 cm³/mol. The van der Waals surface area contributed by atoms with Crippen LogP contribution in [-0.2, 0) is 0 Å². The zero-order valence-electron chi connectivity index (χ0n) is 10.00. The van der Waals surface area contributed by atoms with E-state index in [2.05, 4.69) is 31.3 Å². The molecular weight excluding hydrogens is 182 g/mol. The van der Waals surface area contributed by atoms with Gasteiger partial charge in [-0.2, -0.15) is 0 Å². The van der Waals surface area contributed by atoms with E-state index in [1.807, 2.05) is 0 Å². The lowest BCUT2D eigenvalue weighted by atomic mass is 9.62. The molecule has 5 unspecified atom stereocenters. The molecule has 0 aromatic carbocycles. The first-order valence-electron chi connectivity index (χ1n) is 6.65. The van der Waals surface area contributed by atoms with Crippen molar-refractivity contribution in [3.05, 3.63) is 12.2 Å². The van der Waals surface area contributed by atoms with E-state index in [1.165, 1.54) is 32.1 Å². The van der Waals surface area contributed by atoms with Gasteiger partial charge in [0, 0.05) is 17.5 Å². The molecule has 2 fully saturated rings. The molecule has 1 N–H and O–H groups in total. The summed E-state index contributed by atoms with van der Waals surface area (Å²) in [7, 11) is 0. The van der Waals surface area contributed by atoms with Crippen molar-refractivity contribution in [3.63, 3.8) is 0 Å². The summed E-state index contributed by atoms with van der Waals surface area (Å²) < 4.78 is 0. The summed E-state index contributed by atoms with van der Waals surface area (Å²) in [5.41, 5.74) is 0.461. The van der Waals surface area contributed by atoms with E-state index in [0.29, 0.717) is 5.41 Å². The van der Waals surface area contributed by atoms with Crippen molar-refractivity contribution in [1.82, 2.24) is 5.32 Å². The molecule has 1 saturated heterocycles. The third kappa shape index (κ3) is 1.32. The lowest BCUT2D eigenvalue weighted by molar-refractivity contribution is 0.143. The molecule has 0 spiro atoms. The minimum atomic E-state index is 0.461. The SMILES string of the molecule is CC1CCCC2NC3CCC=CC3(C)C12. The number of allylic oxidation sites excluding steroid dienone is 1. The quantitative estimate of drug-likeness (QED) is 0.599. The van der Waals surface area contributed by atoms with Gasteiger partial charge in [-0.15, -0.1) is 0 Å². The Morgan fingerprint density at radius 3 is 3.00 bits per heavy atom. The van der Waals surface area contributed by atoms with E-state index >= 15 is 0 Å². The summed E-state index contributed by atoms with van der Waals surface area (Å²) in [6.07, 6.45) is 11.9. The molecular formula is C14H23N. The molecule has 84 valence electrons. The molecule has 0 bridgehead atoms. The Morgan fingerprint density at radius 2 is 2.13 bits per heavy atom. The zero-order valence-corrected chi connectivity index (χ0v) is 10.00. The monoisotopic (exact) mass is 205 g/mol. The van der Waals surface area contributed by atoms with Crippen LogP contribution in [0.25, 0.3) is 0 Å². The molecule has 2 aliphatic carbocycles. The number of nitrogens with one attached hydrogen (secondary N) is 1. The highest BCUT2D eigenvalue weighted by molar-refractivity contribution is 5.18. The number of hydrogen-bond donors (Lipinski definition) is 1. The van der Waals surface area contributed by atoms with Gasteiger partial charge in [0.15, 0.2) is 0 Å². The van der Waals surface area contributed by atoms with Gasteiger partial charge < -0.3 is 5.32 Å². The number of fused-ring (bicyclic) bond motifs is 3. The van der Waals surface area contributed by atoms with Gasteiger partial charge in [-0.25, -0.2) is 0 Å². The van der Waals surface area contributed by atoms with Crippen molar-refractivity contribution < 1.29 is 0 Å². The fraction of sp³-hybridized carbons (Fsp3) is 0.857. The van der Waals surface area contributed by atoms with E-state index in [0.717, 1.165) is 23.9 Å². The van der Waals surface area contributed by atoms with Crippen LogP contribution < -0.4 is 5.32 Å². The molecule has 3 rings (SSSR count). The van der Waals surface area contributed by atoms with Crippen molar-refractivity contribution >= 4 is 0 Å². The van der Waals surface area contributed by atoms with Gasteiger partial charge >= 0.3 is 0 Å². The second-order valence-corrected chi connectivity index (χ2v) is 6.11. The first kappa shape index (κ1) is 9.89. The topological polar surface area (TPSA) is 12.0 Å². The molecule has 15 heavy (non-hydrogen) atoms. The average molecular weight is 205 g/mol. The van der Waals surface area contributed by atoms with Crippen molar-refractivity contribution in [2.24, 2.45) is 17.3 Å². The van der Waals surface area contributed by atoms with E-state index in [-0.39, 0.29) is 0 Å². The second-order valence-electron chi connectivity index (χ2n) is 6.11. The van der Waals surface area contributed by atoms with E-state index in [9.17, 15) is 0 Å². The second kappa shape index (κ2) is 3.35. The van der Waals surface area contributed by atoms with Crippen LogP contribution >= 0.6 is 0 Å². The van der Waals surface area contributed by atoms with Crippen molar-refractivity contribution in [2.45, 2.75) is 58.0 Å². The highest BCUT2D eigenvalue weighted by Crippen LogP contribution is 2.52. The maximum Gasteiger partial charge on any atom is 0.0164 e. The van der Waals surface area contributed by atoms with Crippen molar-refractivity contribution in [2.75, 3.05) is 0 Å². The molecule has 0 amide bonds. The van der Waals surface area contributed by atoms with E-state index < -0.39 is 0 Å². The maximum atomic E-state index is 3.91. The minimum absolute atomic E-state index is 0.461. The smallest absolute Gasteiger partial charge is 0.0164 e.